The first-order valence-electron chi connectivity index (χ1n) is 5.96. The summed E-state index contributed by atoms with van der Waals surface area (Å²) in [6, 6.07) is 6.13. The standard InChI is InChI=1S/C14H20ClNO/c1-11-7-8-13(12(2)10-11)16(3)14(17)6-4-5-9-15/h7-8,10H,4-6,9H2,1-3H3. The van der Waals surface area contributed by atoms with E-state index in [1.54, 1.807) is 4.90 Å². The second kappa shape index (κ2) is 6.65. The predicted octanol–water partition coefficient (Wildman–Crippen LogP) is 3.68. The average molecular weight is 254 g/mol. The van der Waals surface area contributed by atoms with Crippen LogP contribution in [0.2, 0.25) is 0 Å². The molecule has 0 fully saturated rings. The Morgan fingerprint density at radius 1 is 1.29 bits per heavy atom. The number of rotatable bonds is 5. The molecule has 94 valence electrons. The van der Waals surface area contributed by atoms with Gasteiger partial charge in [0, 0.05) is 25.0 Å². The Labute approximate surface area is 109 Å². The third-order valence-electron chi connectivity index (χ3n) is 2.86. The molecule has 0 saturated heterocycles. The number of carbonyl (C=O) groups excluding carboxylic acids is 1. The number of anilines is 1. The molecule has 0 aromatic heterocycles. The lowest BCUT2D eigenvalue weighted by Crippen LogP contribution is -2.26. The highest BCUT2D eigenvalue weighted by atomic mass is 35.5. The Hall–Kier alpha value is -1.02. The summed E-state index contributed by atoms with van der Waals surface area (Å²) < 4.78 is 0. The zero-order chi connectivity index (χ0) is 12.8. The van der Waals surface area contributed by atoms with Crippen LogP contribution in [0.1, 0.15) is 30.4 Å². The summed E-state index contributed by atoms with van der Waals surface area (Å²) in [6.45, 7) is 4.09. The van der Waals surface area contributed by atoms with Crippen LogP contribution in [0.3, 0.4) is 0 Å². The van der Waals surface area contributed by atoms with Crippen molar-refractivity contribution in [2.24, 2.45) is 0 Å². The van der Waals surface area contributed by atoms with Crippen LogP contribution in [0.4, 0.5) is 5.69 Å². The minimum Gasteiger partial charge on any atom is -0.315 e. The second-order valence-corrected chi connectivity index (χ2v) is 4.77. The molecule has 1 rings (SSSR count). The van der Waals surface area contributed by atoms with Crippen LogP contribution in [0.25, 0.3) is 0 Å². The summed E-state index contributed by atoms with van der Waals surface area (Å²) in [5.41, 5.74) is 3.35. The van der Waals surface area contributed by atoms with Crippen LogP contribution in [0, 0.1) is 13.8 Å². The first-order valence-corrected chi connectivity index (χ1v) is 6.49. The molecule has 1 aromatic rings. The number of amides is 1. The monoisotopic (exact) mass is 253 g/mol. The van der Waals surface area contributed by atoms with E-state index in [4.69, 9.17) is 11.6 Å². The highest BCUT2D eigenvalue weighted by Gasteiger charge is 2.12. The minimum atomic E-state index is 0.155. The Balaban J connectivity index is 2.68. The summed E-state index contributed by atoms with van der Waals surface area (Å²) in [5.74, 6) is 0.780. The van der Waals surface area contributed by atoms with Gasteiger partial charge in [0.05, 0.1) is 0 Å². The molecule has 0 bridgehead atoms. The number of hydrogen-bond acceptors (Lipinski definition) is 1. The Bertz CT molecular complexity index is 390. The van der Waals surface area contributed by atoms with Gasteiger partial charge in [-0.3, -0.25) is 4.79 Å². The van der Waals surface area contributed by atoms with E-state index < -0.39 is 0 Å². The lowest BCUT2D eigenvalue weighted by Gasteiger charge is -2.20. The average Bonchev–Trinajstić information content (AvgIpc) is 2.28. The van der Waals surface area contributed by atoms with Gasteiger partial charge in [0.15, 0.2) is 0 Å². The summed E-state index contributed by atoms with van der Waals surface area (Å²) in [5, 5.41) is 0. The van der Waals surface area contributed by atoms with Crippen molar-refractivity contribution >= 4 is 23.2 Å². The number of hydrogen-bond donors (Lipinski definition) is 0. The number of nitrogens with zero attached hydrogens (tertiary/aromatic N) is 1. The molecule has 0 aliphatic carbocycles. The van der Waals surface area contributed by atoms with Gasteiger partial charge in [0.1, 0.15) is 0 Å². The fourth-order valence-corrected chi connectivity index (χ4v) is 2.04. The van der Waals surface area contributed by atoms with Crippen LogP contribution in [0.15, 0.2) is 18.2 Å². The zero-order valence-corrected chi connectivity index (χ0v) is 11.5. The number of unbranched alkanes of at least 4 members (excludes halogenated alkanes) is 1. The molecule has 3 heteroatoms. The van der Waals surface area contributed by atoms with Crippen molar-refractivity contribution in [1.82, 2.24) is 0 Å². The maximum absolute atomic E-state index is 11.9. The van der Waals surface area contributed by atoms with Gasteiger partial charge in [0.25, 0.3) is 0 Å². The maximum Gasteiger partial charge on any atom is 0.226 e. The van der Waals surface area contributed by atoms with Crippen molar-refractivity contribution in [2.45, 2.75) is 33.1 Å². The number of alkyl halides is 1. The molecule has 1 aromatic carbocycles. The molecule has 2 nitrogen and oxygen atoms in total. The van der Waals surface area contributed by atoms with E-state index in [0.717, 1.165) is 24.1 Å². The van der Waals surface area contributed by atoms with Crippen molar-refractivity contribution in [3.05, 3.63) is 29.3 Å². The van der Waals surface area contributed by atoms with Crippen LogP contribution in [-0.2, 0) is 4.79 Å². The van der Waals surface area contributed by atoms with Crippen molar-refractivity contribution in [1.29, 1.82) is 0 Å². The van der Waals surface area contributed by atoms with Gasteiger partial charge in [-0.25, -0.2) is 0 Å². The lowest BCUT2D eigenvalue weighted by atomic mass is 10.1. The van der Waals surface area contributed by atoms with E-state index in [9.17, 15) is 4.79 Å². The smallest absolute Gasteiger partial charge is 0.226 e. The van der Waals surface area contributed by atoms with Crippen LogP contribution >= 0.6 is 11.6 Å². The maximum atomic E-state index is 11.9. The molecule has 17 heavy (non-hydrogen) atoms. The van der Waals surface area contributed by atoms with Crippen LogP contribution < -0.4 is 4.90 Å². The first kappa shape index (κ1) is 14.0. The largest absolute Gasteiger partial charge is 0.315 e. The van der Waals surface area contributed by atoms with E-state index >= 15 is 0 Å². The van der Waals surface area contributed by atoms with Gasteiger partial charge in [-0.2, -0.15) is 0 Å². The van der Waals surface area contributed by atoms with Crippen molar-refractivity contribution < 1.29 is 4.79 Å². The molecule has 0 aliphatic rings. The molecule has 0 N–H and O–H groups in total. The number of halogens is 1. The lowest BCUT2D eigenvalue weighted by molar-refractivity contribution is -0.118. The normalized spacial score (nSPS) is 10.4. The molecule has 1 amide bonds. The number of benzene rings is 1. The van der Waals surface area contributed by atoms with Gasteiger partial charge in [-0.15, -0.1) is 11.6 Å². The van der Waals surface area contributed by atoms with E-state index in [2.05, 4.69) is 13.0 Å². The van der Waals surface area contributed by atoms with E-state index in [-0.39, 0.29) is 5.91 Å². The third kappa shape index (κ3) is 4.04. The van der Waals surface area contributed by atoms with Crippen molar-refractivity contribution in [3.63, 3.8) is 0 Å². The Morgan fingerprint density at radius 2 is 2.00 bits per heavy atom. The Morgan fingerprint density at radius 3 is 2.59 bits per heavy atom. The molecule has 0 heterocycles. The van der Waals surface area contributed by atoms with E-state index in [1.165, 1.54) is 5.56 Å². The molecule has 0 saturated carbocycles. The van der Waals surface area contributed by atoms with Gasteiger partial charge in [0.2, 0.25) is 5.91 Å². The van der Waals surface area contributed by atoms with Gasteiger partial charge in [-0.05, 0) is 38.3 Å². The number of carbonyl (C=O) groups is 1. The third-order valence-corrected chi connectivity index (χ3v) is 3.13. The molecule has 0 atom stereocenters. The minimum absolute atomic E-state index is 0.155. The topological polar surface area (TPSA) is 20.3 Å². The fourth-order valence-electron chi connectivity index (χ4n) is 1.85. The quantitative estimate of drug-likeness (QED) is 0.579. The van der Waals surface area contributed by atoms with Crippen molar-refractivity contribution in [2.75, 3.05) is 17.8 Å². The van der Waals surface area contributed by atoms with Crippen LogP contribution in [0.5, 0.6) is 0 Å². The molecule has 0 spiro atoms. The van der Waals surface area contributed by atoms with E-state index in [0.29, 0.717) is 12.3 Å². The molecule has 0 aliphatic heterocycles. The first-order chi connectivity index (χ1) is 8.06. The highest BCUT2D eigenvalue weighted by Crippen LogP contribution is 2.20. The number of aryl methyl sites for hydroxylation is 2. The molecular formula is C14H20ClNO. The second-order valence-electron chi connectivity index (χ2n) is 4.39. The van der Waals surface area contributed by atoms with Crippen molar-refractivity contribution in [3.8, 4) is 0 Å². The zero-order valence-electron chi connectivity index (χ0n) is 10.8. The summed E-state index contributed by atoms with van der Waals surface area (Å²) in [7, 11) is 1.83. The fraction of sp³-hybridized carbons (Fsp3) is 0.500. The van der Waals surface area contributed by atoms with Gasteiger partial charge < -0.3 is 4.90 Å². The van der Waals surface area contributed by atoms with Gasteiger partial charge in [-0.1, -0.05) is 17.7 Å². The summed E-state index contributed by atoms with van der Waals surface area (Å²) in [4.78, 5) is 13.7. The highest BCUT2D eigenvalue weighted by molar-refractivity contribution is 6.17. The van der Waals surface area contributed by atoms with E-state index in [1.807, 2.05) is 26.1 Å². The Kier molecular flexibility index (Phi) is 5.49. The summed E-state index contributed by atoms with van der Waals surface area (Å²) in [6.07, 6.45) is 2.32. The molecule has 0 unspecified atom stereocenters. The van der Waals surface area contributed by atoms with Gasteiger partial charge >= 0.3 is 0 Å². The SMILES string of the molecule is Cc1ccc(N(C)C(=O)CCCCCl)c(C)c1. The van der Waals surface area contributed by atoms with Crippen LogP contribution in [-0.4, -0.2) is 18.8 Å². The molecule has 0 radical (unpaired) electrons. The molecular weight excluding hydrogens is 234 g/mol. The predicted molar refractivity (Wildman–Crippen MR) is 73.9 cm³/mol. The summed E-state index contributed by atoms with van der Waals surface area (Å²) >= 11 is 5.60.